The number of aliphatic hydroxyl groups is 1. The van der Waals surface area contributed by atoms with Crippen LogP contribution < -0.4 is 10.6 Å². The number of carbonyl (C=O) groups is 3. The first-order valence-electron chi connectivity index (χ1n) is 14.0. The average Bonchev–Trinajstić information content (AvgIpc) is 2.96. The normalized spacial score (nSPS) is 13.8. The minimum absolute atomic E-state index is 0.0357. The van der Waals surface area contributed by atoms with Gasteiger partial charge in [-0.15, -0.1) is 13.2 Å². The summed E-state index contributed by atoms with van der Waals surface area (Å²) >= 11 is 0. The fourth-order valence-electron chi connectivity index (χ4n) is 4.49. The van der Waals surface area contributed by atoms with Gasteiger partial charge in [-0.2, -0.15) is 0 Å². The van der Waals surface area contributed by atoms with E-state index in [9.17, 15) is 19.5 Å². The lowest BCUT2D eigenvalue weighted by molar-refractivity contribution is -0.150. The predicted octanol–water partition coefficient (Wildman–Crippen LogP) is 4.55. The molecule has 40 heavy (non-hydrogen) atoms. The third kappa shape index (κ3) is 12.4. The molecule has 7 heteroatoms. The van der Waals surface area contributed by atoms with E-state index < -0.39 is 18.0 Å². The molecule has 4 unspecified atom stereocenters. The first-order valence-corrected chi connectivity index (χ1v) is 14.0. The van der Waals surface area contributed by atoms with E-state index in [1.807, 2.05) is 66.7 Å². The molecule has 0 bridgehead atoms. The number of aliphatic hydroxyl groups excluding tert-OH is 1. The highest BCUT2D eigenvalue weighted by Crippen LogP contribution is 2.18. The monoisotopic (exact) mass is 548 g/mol. The van der Waals surface area contributed by atoms with Crippen molar-refractivity contribution in [2.75, 3.05) is 13.2 Å². The van der Waals surface area contributed by atoms with Gasteiger partial charge < -0.3 is 20.5 Å². The fourth-order valence-corrected chi connectivity index (χ4v) is 4.49. The quantitative estimate of drug-likeness (QED) is 0.136. The fraction of sp³-hybridized carbons (Fsp3) is 0.424. The van der Waals surface area contributed by atoms with Gasteiger partial charge in [0, 0.05) is 6.42 Å². The van der Waals surface area contributed by atoms with Crippen molar-refractivity contribution in [1.82, 2.24) is 10.6 Å². The van der Waals surface area contributed by atoms with E-state index in [-0.39, 0.29) is 43.3 Å². The maximum Gasteiger partial charge on any atom is 0.309 e. The van der Waals surface area contributed by atoms with Crippen molar-refractivity contribution in [3.63, 3.8) is 0 Å². The first-order chi connectivity index (χ1) is 19.4. The van der Waals surface area contributed by atoms with Crippen LogP contribution in [0.5, 0.6) is 0 Å². The average molecular weight is 549 g/mol. The highest BCUT2D eigenvalue weighted by molar-refractivity contribution is 5.86. The molecule has 2 rings (SSSR count). The number of esters is 1. The molecule has 0 aliphatic rings. The second kappa shape index (κ2) is 18.6. The standard InChI is InChI=1S/C33H44N2O5/c1-4-6-9-19-29(20-26-15-10-7-11-16-26)33(39)40-24-25(3)34-32(38)28(14-5-2)22-31(37)35-30(23-36)21-27-17-12-8-13-18-27/h4-5,7-8,10-13,15-18,25,28-30,36H,1-2,6,9,14,19-24H2,3H3,(H,34,38)(H,35,37). The Hall–Kier alpha value is -3.71. The van der Waals surface area contributed by atoms with Gasteiger partial charge in [0.15, 0.2) is 0 Å². The van der Waals surface area contributed by atoms with Crippen LogP contribution in [0, 0.1) is 11.8 Å². The van der Waals surface area contributed by atoms with E-state index >= 15 is 0 Å². The molecule has 0 saturated heterocycles. The molecule has 0 radical (unpaired) electrons. The minimum Gasteiger partial charge on any atom is -0.463 e. The maximum atomic E-state index is 13.0. The summed E-state index contributed by atoms with van der Waals surface area (Å²) in [6.07, 6.45) is 7.16. The van der Waals surface area contributed by atoms with E-state index in [0.717, 1.165) is 24.0 Å². The van der Waals surface area contributed by atoms with Gasteiger partial charge in [0.05, 0.1) is 30.5 Å². The van der Waals surface area contributed by atoms with Gasteiger partial charge in [0.25, 0.3) is 0 Å². The highest BCUT2D eigenvalue weighted by Gasteiger charge is 2.25. The van der Waals surface area contributed by atoms with Crippen LogP contribution in [0.1, 0.15) is 50.2 Å². The van der Waals surface area contributed by atoms with Gasteiger partial charge in [-0.1, -0.05) is 72.8 Å². The molecular weight excluding hydrogens is 504 g/mol. The first kappa shape index (κ1) is 32.5. The number of nitrogens with one attached hydrogen (secondary N) is 2. The van der Waals surface area contributed by atoms with Gasteiger partial charge in [0.2, 0.25) is 11.8 Å². The summed E-state index contributed by atoms with van der Waals surface area (Å²) < 4.78 is 5.61. The van der Waals surface area contributed by atoms with Crippen molar-refractivity contribution in [1.29, 1.82) is 0 Å². The molecule has 2 aromatic carbocycles. The molecule has 0 spiro atoms. The summed E-state index contributed by atoms with van der Waals surface area (Å²) in [5, 5.41) is 15.4. The highest BCUT2D eigenvalue weighted by atomic mass is 16.5. The zero-order chi connectivity index (χ0) is 29.2. The zero-order valence-electron chi connectivity index (χ0n) is 23.6. The molecule has 2 aromatic rings. The molecule has 216 valence electrons. The summed E-state index contributed by atoms with van der Waals surface area (Å²) in [6.45, 7) is 9.07. The lowest BCUT2D eigenvalue weighted by Crippen LogP contribution is -2.44. The number of hydrogen-bond acceptors (Lipinski definition) is 5. The SMILES string of the molecule is C=CCCCC(Cc1ccccc1)C(=O)OCC(C)NC(=O)C(CC=C)CC(=O)NC(CO)Cc1ccccc1. The third-order valence-corrected chi connectivity index (χ3v) is 6.65. The van der Waals surface area contributed by atoms with E-state index in [4.69, 9.17) is 4.74 Å². The smallest absolute Gasteiger partial charge is 0.309 e. The van der Waals surface area contributed by atoms with Crippen LogP contribution in [0.25, 0.3) is 0 Å². The van der Waals surface area contributed by atoms with Gasteiger partial charge >= 0.3 is 5.97 Å². The Morgan fingerprint density at radius 1 is 0.900 bits per heavy atom. The second-order valence-corrected chi connectivity index (χ2v) is 10.2. The molecule has 4 atom stereocenters. The van der Waals surface area contributed by atoms with Gasteiger partial charge in [-0.3, -0.25) is 14.4 Å². The van der Waals surface area contributed by atoms with E-state index in [0.29, 0.717) is 25.7 Å². The Labute approximate surface area is 238 Å². The number of amides is 2. The predicted molar refractivity (Wildman–Crippen MR) is 158 cm³/mol. The van der Waals surface area contributed by atoms with E-state index in [1.165, 1.54) is 0 Å². The number of allylic oxidation sites excluding steroid dienone is 2. The Morgan fingerprint density at radius 2 is 1.52 bits per heavy atom. The number of rotatable bonds is 19. The lowest BCUT2D eigenvalue weighted by atomic mass is 9.94. The van der Waals surface area contributed by atoms with Crippen LogP contribution in [-0.4, -0.2) is 48.2 Å². The number of carbonyl (C=O) groups excluding carboxylic acids is 3. The van der Waals surface area contributed by atoms with Crippen LogP contribution in [0.4, 0.5) is 0 Å². The Kier molecular flexibility index (Phi) is 15.1. The number of benzene rings is 2. The van der Waals surface area contributed by atoms with Crippen LogP contribution in [-0.2, 0) is 32.0 Å². The van der Waals surface area contributed by atoms with Crippen molar-refractivity contribution in [3.8, 4) is 0 Å². The zero-order valence-corrected chi connectivity index (χ0v) is 23.6. The van der Waals surface area contributed by atoms with Gasteiger partial charge in [-0.25, -0.2) is 0 Å². The van der Waals surface area contributed by atoms with Crippen LogP contribution in [0.15, 0.2) is 86.0 Å². The molecule has 0 fully saturated rings. The largest absolute Gasteiger partial charge is 0.463 e. The molecule has 0 aliphatic heterocycles. The molecular formula is C33H44N2O5. The number of unbranched alkanes of at least 4 members (excludes halogenated alkanes) is 1. The maximum absolute atomic E-state index is 13.0. The Morgan fingerprint density at radius 3 is 2.10 bits per heavy atom. The summed E-state index contributed by atoms with van der Waals surface area (Å²) in [6, 6.07) is 18.5. The third-order valence-electron chi connectivity index (χ3n) is 6.65. The van der Waals surface area contributed by atoms with Crippen molar-refractivity contribution >= 4 is 17.8 Å². The van der Waals surface area contributed by atoms with Crippen LogP contribution in [0.3, 0.4) is 0 Å². The van der Waals surface area contributed by atoms with Crippen molar-refractivity contribution in [3.05, 3.63) is 97.1 Å². The molecule has 0 aromatic heterocycles. The van der Waals surface area contributed by atoms with E-state index in [2.05, 4.69) is 23.8 Å². The lowest BCUT2D eigenvalue weighted by Gasteiger charge is -2.22. The summed E-state index contributed by atoms with van der Waals surface area (Å²) in [5.41, 5.74) is 2.07. The summed E-state index contributed by atoms with van der Waals surface area (Å²) in [5.74, 6) is -1.83. The molecule has 2 amide bonds. The van der Waals surface area contributed by atoms with Crippen LogP contribution in [0.2, 0.25) is 0 Å². The second-order valence-electron chi connectivity index (χ2n) is 10.2. The molecule has 7 nitrogen and oxygen atoms in total. The topological polar surface area (TPSA) is 105 Å². The summed E-state index contributed by atoms with van der Waals surface area (Å²) in [7, 11) is 0. The molecule has 3 N–H and O–H groups in total. The van der Waals surface area contributed by atoms with Crippen molar-refractivity contribution in [2.24, 2.45) is 11.8 Å². The summed E-state index contributed by atoms with van der Waals surface area (Å²) in [4.78, 5) is 38.6. The Balaban J connectivity index is 1.87. The molecule has 0 heterocycles. The number of ether oxygens (including phenoxy) is 1. The molecule has 0 saturated carbocycles. The van der Waals surface area contributed by atoms with Gasteiger partial charge in [-0.05, 0) is 56.6 Å². The van der Waals surface area contributed by atoms with Crippen molar-refractivity contribution in [2.45, 2.75) is 64.0 Å². The van der Waals surface area contributed by atoms with Crippen LogP contribution >= 0.6 is 0 Å². The van der Waals surface area contributed by atoms with Gasteiger partial charge in [0.1, 0.15) is 6.61 Å². The minimum atomic E-state index is -0.628. The Bertz CT molecular complexity index is 1060. The van der Waals surface area contributed by atoms with Crippen molar-refractivity contribution < 1.29 is 24.2 Å². The molecule has 0 aliphatic carbocycles. The number of hydrogen-bond donors (Lipinski definition) is 3. The van der Waals surface area contributed by atoms with E-state index in [1.54, 1.807) is 13.0 Å².